The molecule has 1 aliphatic heterocycles. The fourth-order valence-electron chi connectivity index (χ4n) is 2.23. The highest BCUT2D eigenvalue weighted by Crippen LogP contribution is 2.32. The summed E-state index contributed by atoms with van der Waals surface area (Å²) in [5.41, 5.74) is 1.66. The number of hydrogen-bond donors (Lipinski definition) is 0. The first-order valence-corrected chi connectivity index (χ1v) is 6.91. The molecule has 0 aliphatic carbocycles. The minimum absolute atomic E-state index is 0.0106. The number of fused-ring (bicyclic) bond motifs is 1. The smallest absolute Gasteiger partial charge is 0.231 e. The third kappa shape index (κ3) is 2.84. The number of Topliss-reactive ketones (excluding diaryl/α,β-unsaturated/α-hetero) is 1. The molecule has 21 heavy (non-hydrogen) atoms. The molecular weight excluding hydrogens is 268 g/mol. The van der Waals surface area contributed by atoms with E-state index < -0.39 is 0 Å². The van der Waals surface area contributed by atoms with Crippen LogP contribution in [0.3, 0.4) is 0 Å². The molecule has 0 aromatic heterocycles. The molecule has 0 unspecified atom stereocenters. The van der Waals surface area contributed by atoms with Crippen LogP contribution in [0.25, 0.3) is 0 Å². The van der Waals surface area contributed by atoms with Gasteiger partial charge in [0, 0.05) is 5.56 Å². The zero-order valence-electron chi connectivity index (χ0n) is 11.8. The number of aryl methyl sites for hydroxylation is 1. The van der Waals surface area contributed by atoms with E-state index in [0.29, 0.717) is 17.1 Å². The lowest BCUT2D eigenvalue weighted by Crippen LogP contribution is -2.12. The van der Waals surface area contributed by atoms with Crippen LogP contribution >= 0.6 is 0 Å². The SMILES string of the molecule is CCc1ccccc1OCC(=O)c1ccc2c(c1)OCO2. The first-order chi connectivity index (χ1) is 10.3. The van der Waals surface area contributed by atoms with E-state index in [2.05, 4.69) is 6.92 Å². The summed E-state index contributed by atoms with van der Waals surface area (Å²) in [5.74, 6) is 1.95. The number of carbonyl (C=O) groups is 1. The molecule has 0 radical (unpaired) electrons. The number of carbonyl (C=O) groups excluding carboxylic acids is 1. The highest BCUT2D eigenvalue weighted by Gasteiger charge is 2.16. The molecule has 0 bridgehead atoms. The highest BCUT2D eigenvalue weighted by atomic mass is 16.7. The fourth-order valence-corrected chi connectivity index (χ4v) is 2.23. The number of para-hydroxylation sites is 1. The molecule has 4 nitrogen and oxygen atoms in total. The maximum absolute atomic E-state index is 12.2. The molecule has 0 saturated carbocycles. The Bertz CT molecular complexity index is 664. The molecule has 0 amide bonds. The quantitative estimate of drug-likeness (QED) is 0.791. The largest absolute Gasteiger partial charge is 0.485 e. The Morgan fingerprint density at radius 2 is 1.95 bits per heavy atom. The maximum atomic E-state index is 12.2. The molecule has 0 fully saturated rings. The van der Waals surface area contributed by atoms with E-state index in [4.69, 9.17) is 14.2 Å². The monoisotopic (exact) mass is 284 g/mol. The van der Waals surface area contributed by atoms with Crippen molar-refractivity contribution in [3.8, 4) is 17.2 Å². The summed E-state index contributed by atoms with van der Waals surface area (Å²) >= 11 is 0. The summed E-state index contributed by atoms with van der Waals surface area (Å²) in [6.07, 6.45) is 0.869. The predicted octanol–water partition coefficient (Wildman–Crippen LogP) is 3.24. The molecule has 0 spiro atoms. The van der Waals surface area contributed by atoms with Gasteiger partial charge in [-0.3, -0.25) is 4.79 Å². The number of ether oxygens (including phenoxy) is 3. The van der Waals surface area contributed by atoms with Gasteiger partial charge < -0.3 is 14.2 Å². The van der Waals surface area contributed by atoms with Crippen LogP contribution in [0.2, 0.25) is 0 Å². The first kappa shape index (κ1) is 13.5. The molecule has 0 N–H and O–H groups in total. The van der Waals surface area contributed by atoms with Crippen LogP contribution in [0, 0.1) is 0 Å². The van der Waals surface area contributed by atoms with Gasteiger partial charge in [-0.05, 0) is 36.2 Å². The van der Waals surface area contributed by atoms with Crippen molar-refractivity contribution in [1.82, 2.24) is 0 Å². The summed E-state index contributed by atoms with van der Waals surface area (Å²) in [6, 6.07) is 12.9. The van der Waals surface area contributed by atoms with Crippen molar-refractivity contribution in [1.29, 1.82) is 0 Å². The van der Waals surface area contributed by atoms with Gasteiger partial charge in [-0.1, -0.05) is 25.1 Å². The van der Waals surface area contributed by atoms with Crippen LogP contribution in [-0.4, -0.2) is 19.2 Å². The third-order valence-corrected chi connectivity index (χ3v) is 3.41. The van der Waals surface area contributed by atoms with Gasteiger partial charge in [0.05, 0.1) is 0 Å². The standard InChI is InChI=1S/C17H16O4/c1-2-12-5-3-4-6-15(12)19-10-14(18)13-7-8-16-17(9-13)21-11-20-16/h3-9H,2,10-11H2,1H3. The van der Waals surface area contributed by atoms with Crippen molar-refractivity contribution in [3.63, 3.8) is 0 Å². The summed E-state index contributed by atoms with van der Waals surface area (Å²) < 4.78 is 16.1. The Morgan fingerprint density at radius 3 is 2.81 bits per heavy atom. The van der Waals surface area contributed by atoms with Crippen molar-refractivity contribution in [2.45, 2.75) is 13.3 Å². The van der Waals surface area contributed by atoms with Gasteiger partial charge in [0.25, 0.3) is 0 Å². The van der Waals surface area contributed by atoms with Crippen LogP contribution in [0.4, 0.5) is 0 Å². The molecule has 0 atom stereocenters. The average Bonchev–Trinajstić information content (AvgIpc) is 3.00. The van der Waals surface area contributed by atoms with Crippen LogP contribution in [0.5, 0.6) is 17.2 Å². The van der Waals surface area contributed by atoms with Crippen molar-refractivity contribution in [2.75, 3.05) is 13.4 Å². The molecule has 0 saturated heterocycles. The van der Waals surface area contributed by atoms with E-state index in [-0.39, 0.29) is 19.2 Å². The molecule has 1 heterocycles. The lowest BCUT2D eigenvalue weighted by molar-refractivity contribution is 0.0920. The van der Waals surface area contributed by atoms with Gasteiger partial charge in [-0.15, -0.1) is 0 Å². The topological polar surface area (TPSA) is 44.8 Å². The molecule has 2 aromatic rings. The maximum Gasteiger partial charge on any atom is 0.231 e. The number of ketones is 1. The van der Waals surface area contributed by atoms with Gasteiger partial charge in [0.2, 0.25) is 6.79 Å². The Balaban J connectivity index is 1.69. The average molecular weight is 284 g/mol. The Hall–Kier alpha value is -2.49. The number of rotatable bonds is 5. The van der Waals surface area contributed by atoms with Crippen molar-refractivity contribution >= 4 is 5.78 Å². The normalized spacial score (nSPS) is 12.2. The lowest BCUT2D eigenvalue weighted by Gasteiger charge is -2.09. The Labute approximate surface area is 123 Å². The Morgan fingerprint density at radius 1 is 1.14 bits per heavy atom. The van der Waals surface area contributed by atoms with E-state index in [1.165, 1.54) is 0 Å². The van der Waals surface area contributed by atoms with Gasteiger partial charge >= 0.3 is 0 Å². The van der Waals surface area contributed by atoms with Gasteiger partial charge in [-0.2, -0.15) is 0 Å². The molecule has 1 aliphatic rings. The van der Waals surface area contributed by atoms with E-state index in [9.17, 15) is 4.79 Å². The zero-order valence-corrected chi connectivity index (χ0v) is 11.8. The fraction of sp³-hybridized carbons (Fsp3) is 0.235. The summed E-state index contributed by atoms with van der Waals surface area (Å²) in [7, 11) is 0. The highest BCUT2D eigenvalue weighted by molar-refractivity contribution is 5.97. The van der Waals surface area contributed by atoms with Crippen LogP contribution in [0.15, 0.2) is 42.5 Å². The van der Waals surface area contributed by atoms with Crippen LogP contribution in [-0.2, 0) is 6.42 Å². The van der Waals surface area contributed by atoms with Crippen molar-refractivity contribution < 1.29 is 19.0 Å². The first-order valence-electron chi connectivity index (χ1n) is 6.91. The van der Waals surface area contributed by atoms with Gasteiger partial charge in [0.15, 0.2) is 23.9 Å². The van der Waals surface area contributed by atoms with E-state index in [1.54, 1.807) is 18.2 Å². The molecule has 3 rings (SSSR count). The summed E-state index contributed by atoms with van der Waals surface area (Å²) in [6.45, 7) is 2.27. The molecule has 108 valence electrons. The third-order valence-electron chi connectivity index (χ3n) is 3.41. The second-order valence-electron chi connectivity index (χ2n) is 4.74. The number of hydrogen-bond acceptors (Lipinski definition) is 4. The second kappa shape index (κ2) is 5.87. The van der Waals surface area contributed by atoms with E-state index in [1.807, 2.05) is 24.3 Å². The van der Waals surface area contributed by atoms with E-state index >= 15 is 0 Å². The minimum Gasteiger partial charge on any atom is -0.485 e. The summed E-state index contributed by atoms with van der Waals surface area (Å²) in [4.78, 5) is 12.2. The van der Waals surface area contributed by atoms with Gasteiger partial charge in [-0.25, -0.2) is 0 Å². The summed E-state index contributed by atoms with van der Waals surface area (Å²) in [5, 5.41) is 0. The molecule has 2 aromatic carbocycles. The van der Waals surface area contributed by atoms with Crippen molar-refractivity contribution in [3.05, 3.63) is 53.6 Å². The Kier molecular flexibility index (Phi) is 3.77. The minimum atomic E-state index is -0.0841. The van der Waals surface area contributed by atoms with Crippen LogP contribution < -0.4 is 14.2 Å². The predicted molar refractivity (Wildman–Crippen MR) is 78.2 cm³/mol. The lowest BCUT2D eigenvalue weighted by atomic mass is 10.1. The number of benzene rings is 2. The molecular formula is C17H16O4. The zero-order chi connectivity index (χ0) is 14.7. The van der Waals surface area contributed by atoms with Crippen molar-refractivity contribution in [2.24, 2.45) is 0 Å². The van der Waals surface area contributed by atoms with Gasteiger partial charge in [0.1, 0.15) is 5.75 Å². The molecule has 4 heteroatoms. The van der Waals surface area contributed by atoms with E-state index in [0.717, 1.165) is 17.7 Å². The second-order valence-corrected chi connectivity index (χ2v) is 4.74. The van der Waals surface area contributed by atoms with Crippen LogP contribution in [0.1, 0.15) is 22.8 Å².